The van der Waals surface area contributed by atoms with Gasteiger partial charge in [0.25, 0.3) is 0 Å². The molecule has 0 saturated carbocycles. The Balaban J connectivity index is 1.59. The zero-order valence-electron chi connectivity index (χ0n) is 19.4. The highest BCUT2D eigenvalue weighted by molar-refractivity contribution is 5.61. The summed E-state index contributed by atoms with van der Waals surface area (Å²) < 4.78 is 6.00. The monoisotopic (exact) mass is 419 g/mol. The number of hydrogen-bond donors (Lipinski definition) is 1. The van der Waals surface area contributed by atoms with Crippen molar-refractivity contribution in [3.8, 4) is 17.0 Å². The average Bonchev–Trinajstić information content (AvgIpc) is 2.71. The number of pyridine rings is 1. The highest BCUT2D eigenvalue weighted by atomic mass is 16.5. The zero-order chi connectivity index (χ0) is 22.5. The molecule has 6 nitrogen and oxygen atoms in total. The van der Waals surface area contributed by atoms with E-state index in [-0.39, 0.29) is 11.1 Å². The standard InChI is InChI=1S/C25H33N5O/c1-24(2,3)30(25(4,5)6)16-17-31-21-11-9-20(10-12-21)28-23-27-15-13-22(29-23)19-8-7-14-26-18-19/h7-15,18H,16-17H2,1-6H3,(H,27,28,29). The second kappa shape index (κ2) is 9.43. The second-order valence-corrected chi connectivity index (χ2v) is 9.50. The van der Waals surface area contributed by atoms with Gasteiger partial charge in [0.15, 0.2) is 0 Å². The van der Waals surface area contributed by atoms with Crippen LogP contribution >= 0.6 is 0 Å². The molecule has 0 aliphatic heterocycles. The van der Waals surface area contributed by atoms with Crippen molar-refractivity contribution in [2.75, 3.05) is 18.5 Å². The summed E-state index contributed by atoms with van der Waals surface area (Å²) in [5.74, 6) is 1.39. The van der Waals surface area contributed by atoms with Gasteiger partial charge in [-0.15, -0.1) is 0 Å². The highest BCUT2D eigenvalue weighted by Crippen LogP contribution is 2.25. The van der Waals surface area contributed by atoms with E-state index in [0.29, 0.717) is 12.6 Å². The molecule has 0 radical (unpaired) electrons. The normalized spacial score (nSPS) is 12.1. The second-order valence-electron chi connectivity index (χ2n) is 9.50. The molecule has 0 amide bonds. The molecule has 0 atom stereocenters. The third kappa shape index (κ3) is 6.49. The van der Waals surface area contributed by atoms with Crippen LogP contribution in [-0.2, 0) is 0 Å². The van der Waals surface area contributed by atoms with E-state index in [1.54, 1.807) is 18.6 Å². The molecular formula is C25H33N5O. The molecule has 0 saturated heterocycles. The maximum atomic E-state index is 6.00. The first kappa shape index (κ1) is 22.7. The van der Waals surface area contributed by atoms with Crippen molar-refractivity contribution < 1.29 is 4.74 Å². The number of hydrogen-bond acceptors (Lipinski definition) is 6. The Kier molecular flexibility index (Phi) is 6.91. The first-order chi connectivity index (χ1) is 14.6. The van der Waals surface area contributed by atoms with Crippen molar-refractivity contribution in [1.29, 1.82) is 0 Å². The number of rotatable bonds is 7. The van der Waals surface area contributed by atoms with E-state index in [2.05, 4.69) is 66.7 Å². The smallest absolute Gasteiger partial charge is 0.227 e. The van der Waals surface area contributed by atoms with Gasteiger partial charge in [-0.2, -0.15) is 0 Å². The molecule has 31 heavy (non-hydrogen) atoms. The SMILES string of the molecule is CC(C)(C)N(CCOc1ccc(Nc2nccc(-c3cccnc3)n2)cc1)C(C)(C)C. The summed E-state index contributed by atoms with van der Waals surface area (Å²) in [6.07, 6.45) is 5.28. The Hall–Kier alpha value is -2.99. The fourth-order valence-electron chi connectivity index (χ4n) is 3.79. The molecule has 164 valence electrons. The van der Waals surface area contributed by atoms with Crippen LogP contribution in [0.5, 0.6) is 5.75 Å². The molecule has 2 heterocycles. The third-order valence-corrected chi connectivity index (χ3v) is 4.93. The maximum absolute atomic E-state index is 6.00. The third-order valence-electron chi connectivity index (χ3n) is 4.93. The molecule has 0 aliphatic rings. The number of nitrogens with one attached hydrogen (secondary N) is 1. The van der Waals surface area contributed by atoms with E-state index in [0.717, 1.165) is 29.2 Å². The predicted octanol–water partition coefficient (Wildman–Crippen LogP) is 5.56. The summed E-state index contributed by atoms with van der Waals surface area (Å²) in [6, 6.07) is 13.6. The Morgan fingerprint density at radius 2 is 1.61 bits per heavy atom. The van der Waals surface area contributed by atoms with Crippen molar-refractivity contribution in [2.24, 2.45) is 0 Å². The van der Waals surface area contributed by atoms with E-state index < -0.39 is 0 Å². The summed E-state index contributed by atoms with van der Waals surface area (Å²) in [7, 11) is 0. The van der Waals surface area contributed by atoms with Crippen LogP contribution in [0.3, 0.4) is 0 Å². The lowest BCUT2D eigenvalue weighted by Crippen LogP contribution is -2.53. The Bertz CT molecular complexity index is 946. The van der Waals surface area contributed by atoms with Gasteiger partial charge in [0.1, 0.15) is 12.4 Å². The lowest BCUT2D eigenvalue weighted by atomic mass is 9.96. The Morgan fingerprint density at radius 1 is 0.903 bits per heavy atom. The summed E-state index contributed by atoms with van der Waals surface area (Å²) in [5, 5.41) is 3.25. The maximum Gasteiger partial charge on any atom is 0.227 e. The first-order valence-corrected chi connectivity index (χ1v) is 10.6. The zero-order valence-corrected chi connectivity index (χ0v) is 19.4. The fourth-order valence-corrected chi connectivity index (χ4v) is 3.79. The molecule has 1 aromatic carbocycles. The van der Waals surface area contributed by atoms with E-state index in [4.69, 9.17) is 4.74 Å². The van der Waals surface area contributed by atoms with Gasteiger partial charge in [-0.1, -0.05) is 0 Å². The lowest BCUT2D eigenvalue weighted by Gasteiger charge is -2.45. The van der Waals surface area contributed by atoms with Crippen LogP contribution in [0.4, 0.5) is 11.6 Å². The van der Waals surface area contributed by atoms with Crippen LogP contribution in [0, 0.1) is 0 Å². The molecule has 3 aromatic rings. The van der Waals surface area contributed by atoms with Gasteiger partial charge < -0.3 is 10.1 Å². The minimum absolute atomic E-state index is 0.0831. The van der Waals surface area contributed by atoms with Crippen molar-refractivity contribution in [3.05, 3.63) is 61.1 Å². The van der Waals surface area contributed by atoms with Gasteiger partial charge in [0.2, 0.25) is 5.95 Å². The van der Waals surface area contributed by atoms with E-state index in [1.807, 2.05) is 42.5 Å². The topological polar surface area (TPSA) is 63.2 Å². The Labute approximate surface area is 185 Å². The summed E-state index contributed by atoms with van der Waals surface area (Å²) >= 11 is 0. The fraction of sp³-hybridized carbons (Fsp3) is 0.400. The van der Waals surface area contributed by atoms with Crippen molar-refractivity contribution in [2.45, 2.75) is 52.6 Å². The van der Waals surface area contributed by atoms with Crippen LogP contribution in [0.2, 0.25) is 0 Å². The van der Waals surface area contributed by atoms with Crippen LogP contribution in [0.15, 0.2) is 61.1 Å². The van der Waals surface area contributed by atoms with Crippen molar-refractivity contribution >= 4 is 11.6 Å². The van der Waals surface area contributed by atoms with Crippen LogP contribution in [0.25, 0.3) is 11.3 Å². The summed E-state index contributed by atoms with van der Waals surface area (Å²) in [5.41, 5.74) is 2.85. The van der Waals surface area contributed by atoms with Crippen LogP contribution in [-0.4, -0.2) is 44.1 Å². The number of benzene rings is 1. The van der Waals surface area contributed by atoms with Gasteiger partial charge in [-0.25, -0.2) is 9.97 Å². The molecule has 0 spiro atoms. The van der Waals surface area contributed by atoms with Gasteiger partial charge in [0, 0.05) is 47.5 Å². The minimum atomic E-state index is 0.0831. The van der Waals surface area contributed by atoms with E-state index in [9.17, 15) is 0 Å². The number of aromatic nitrogens is 3. The number of nitrogens with zero attached hydrogens (tertiary/aromatic N) is 4. The van der Waals surface area contributed by atoms with E-state index >= 15 is 0 Å². The summed E-state index contributed by atoms with van der Waals surface area (Å²) in [6.45, 7) is 14.9. The van der Waals surface area contributed by atoms with E-state index in [1.165, 1.54) is 0 Å². The average molecular weight is 420 g/mol. The molecular weight excluding hydrogens is 386 g/mol. The number of anilines is 2. The van der Waals surface area contributed by atoms with Crippen molar-refractivity contribution in [1.82, 2.24) is 19.9 Å². The number of ether oxygens (including phenoxy) is 1. The predicted molar refractivity (Wildman–Crippen MR) is 127 cm³/mol. The van der Waals surface area contributed by atoms with Crippen LogP contribution < -0.4 is 10.1 Å². The van der Waals surface area contributed by atoms with Gasteiger partial charge in [-0.05, 0) is 84.0 Å². The van der Waals surface area contributed by atoms with Gasteiger partial charge in [-0.3, -0.25) is 9.88 Å². The molecule has 0 fully saturated rings. The molecule has 2 aromatic heterocycles. The first-order valence-electron chi connectivity index (χ1n) is 10.6. The quantitative estimate of drug-likeness (QED) is 0.541. The minimum Gasteiger partial charge on any atom is -0.492 e. The Morgan fingerprint density at radius 3 is 2.23 bits per heavy atom. The van der Waals surface area contributed by atoms with Gasteiger partial charge in [0.05, 0.1) is 5.69 Å². The summed E-state index contributed by atoms with van der Waals surface area (Å²) in [4.78, 5) is 15.5. The molecule has 0 aliphatic carbocycles. The lowest BCUT2D eigenvalue weighted by molar-refractivity contribution is 0.0259. The highest BCUT2D eigenvalue weighted by Gasteiger charge is 2.30. The van der Waals surface area contributed by atoms with Gasteiger partial charge >= 0.3 is 0 Å². The molecule has 1 N–H and O–H groups in total. The molecule has 3 rings (SSSR count). The molecule has 6 heteroatoms. The molecule has 0 unspecified atom stereocenters. The van der Waals surface area contributed by atoms with Crippen molar-refractivity contribution in [3.63, 3.8) is 0 Å². The largest absolute Gasteiger partial charge is 0.492 e. The van der Waals surface area contributed by atoms with Crippen LogP contribution in [0.1, 0.15) is 41.5 Å². The molecule has 0 bridgehead atoms.